The van der Waals surface area contributed by atoms with Gasteiger partial charge in [0.1, 0.15) is 3.70 Å². The van der Waals surface area contributed by atoms with Crippen LogP contribution in [0.5, 0.6) is 0 Å². The van der Waals surface area contributed by atoms with Crippen LogP contribution >= 0.6 is 45.5 Å². The van der Waals surface area contributed by atoms with Crippen LogP contribution in [0.25, 0.3) is 0 Å². The minimum absolute atomic E-state index is 0.362. The number of hydrogen-bond donors (Lipinski definition) is 0. The molecule has 5 heteroatoms. The van der Waals surface area contributed by atoms with Crippen LogP contribution in [0.15, 0.2) is 5.38 Å². The number of thiazole rings is 1. The van der Waals surface area contributed by atoms with Crippen LogP contribution in [0, 0.1) is 3.70 Å². The maximum atomic E-state index is 10.4. The van der Waals surface area contributed by atoms with Gasteiger partial charge in [-0.2, -0.15) is 0 Å². The molecule has 2 nitrogen and oxygen atoms in total. The predicted octanol–water partition coefficient (Wildman–Crippen LogP) is 2.13. The molecule has 1 rings (SSSR count). The van der Waals surface area contributed by atoms with E-state index in [0.29, 0.717) is 5.01 Å². The summed E-state index contributed by atoms with van der Waals surface area (Å²) < 4.78 is 0.807. The average molecular weight is 273 g/mol. The van der Waals surface area contributed by atoms with Crippen molar-refractivity contribution in [3.05, 3.63) is 14.1 Å². The first-order valence-electron chi connectivity index (χ1n) is 2.01. The highest BCUT2D eigenvalue weighted by Crippen LogP contribution is 2.12. The predicted molar refractivity (Wildman–Crippen MR) is 45.0 cm³/mol. The number of hydrogen-bond acceptors (Lipinski definition) is 3. The quantitative estimate of drug-likeness (QED) is 0.579. The zero-order valence-corrected chi connectivity index (χ0v) is 7.83. The molecule has 0 aliphatic rings. The fourth-order valence-corrected chi connectivity index (χ4v) is 1.81. The van der Waals surface area contributed by atoms with Gasteiger partial charge in [0.2, 0.25) is 0 Å². The van der Waals surface area contributed by atoms with Gasteiger partial charge < -0.3 is 0 Å². The summed E-state index contributed by atoms with van der Waals surface area (Å²) in [6.45, 7) is 0. The van der Waals surface area contributed by atoms with E-state index in [4.69, 9.17) is 11.6 Å². The molecule has 1 heterocycles. The Bertz CT molecular complexity index is 236. The highest BCUT2D eigenvalue weighted by molar-refractivity contribution is 14.1. The van der Waals surface area contributed by atoms with Crippen molar-refractivity contribution in [2.45, 2.75) is 0 Å². The highest BCUT2D eigenvalue weighted by Gasteiger charge is 2.04. The van der Waals surface area contributed by atoms with Gasteiger partial charge in [0.15, 0.2) is 5.01 Å². The van der Waals surface area contributed by atoms with Crippen molar-refractivity contribution in [3.8, 4) is 0 Å². The molecule has 0 aliphatic heterocycles. The molecule has 0 radical (unpaired) electrons. The Hall–Kier alpha value is 0.320. The Kier molecular flexibility index (Phi) is 2.42. The molecule has 0 saturated heterocycles. The number of carbonyl (C=O) groups excluding carboxylic acids is 1. The van der Waals surface area contributed by atoms with E-state index < -0.39 is 5.24 Å². The zero-order valence-electron chi connectivity index (χ0n) is 4.10. The van der Waals surface area contributed by atoms with Crippen molar-refractivity contribution in [2.24, 2.45) is 0 Å². The van der Waals surface area contributed by atoms with Crippen molar-refractivity contribution in [3.63, 3.8) is 0 Å². The third-order valence-electron chi connectivity index (χ3n) is 0.644. The van der Waals surface area contributed by atoms with E-state index in [0.717, 1.165) is 3.70 Å². The molecule has 0 aliphatic carbocycles. The van der Waals surface area contributed by atoms with Gasteiger partial charge in [-0.25, -0.2) is 4.98 Å². The van der Waals surface area contributed by atoms with Gasteiger partial charge in [0.25, 0.3) is 5.24 Å². The summed E-state index contributed by atoms with van der Waals surface area (Å²) >= 11 is 8.40. The summed E-state index contributed by atoms with van der Waals surface area (Å²) in [5, 5.41) is 1.65. The molecule has 48 valence electrons. The first-order chi connectivity index (χ1) is 4.20. The van der Waals surface area contributed by atoms with Crippen molar-refractivity contribution in [2.75, 3.05) is 0 Å². The van der Waals surface area contributed by atoms with Gasteiger partial charge in [-0.1, -0.05) is 0 Å². The third kappa shape index (κ3) is 1.87. The normalized spacial score (nSPS) is 9.56. The summed E-state index contributed by atoms with van der Waals surface area (Å²) in [7, 11) is 0. The first-order valence-corrected chi connectivity index (χ1v) is 4.34. The molecule has 0 unspecified atom stereocenters. The van der Waals surface area contributed by atoms with Gasteiger partial charge in [0.05, 0.1) is 0 Å². The van der Waals surface area contributed by atoms with E-state index >= 15 is 0 Å². The molecule has 1 aromatic rings. The van der Waals surface area contributed by atoms with Crippen LogP contribution in [0.4, 0.5) is 0 Å². The smallest absolute Gasteiger partial charge is 0.273 e. The molecule has 0 aromatic carbocycles. The molecule has 1 aromatic heterocycles. The lowest BCUT2D eigenvalue weighted by molar-refractivity contribution is 0.108. The second-order valence-corrected chi connectivity index (χ2v) is 3.56. The number of halogens is 2. The Morgan fingerprint density at radius 1 is 1.89 bits per heavy atom. The van der Waals surface area contributed by atoms with E-state index in [-0.39, 0.29) is 0 Å². The summed E-state index contributed by atoms with van der Waals surface area (Å²) in [5.74, 6) is 0. The number of rotatable bonds is 1. The SMILES string of the molecule is O=C(Cl)c1nc(I)cs1. The molecule has 0 amide bonds. The second-order valence-electron chi connectivity index (χ2n) is 1.25. The van der Waals surface area contributed by atoms with Crippen molar-refractivity contribution in [1.82, 2.24) is 4.98 Å². The first kappa shape index (κ1) is 7.43. The minimum atomic E-state index is -0.483. The maximum absolute atomic E-state index is 10.4. The summed E-state index contributed by atoms with van der Waals surface area (Å²) in [4.78, 5) is 14.2. The van der Waals surface area contributed by atoms with Gasteiger partial charge in [-0.05, 0) is 34.2 Å². The van der Waals surface area contributed by atoms with Gasteiger partial charge in [0, 0.05) is 5.38 Å². The Labute approximate surface area is 74.4 Å². The van der Waals surface area contributed by atoms with Crippen LogP contribution in [-0.2, 0) is 0 Å². The van der Waals surface area contributed by atoms with Crippen LogP contribution in [-0.4, -0.2) is 10.2 Å². The van der Waals surface area contributed by atoms with Gasteiger partial charge in [-0.3, -0.25) is 4.79 Å². The van der Waals surface area contributed by atoms with Crippen molar-refractivity contribution >= 4 is 50.8 Å². The molecule has 0 saturated carbocycles. The average Bonchev–Trinajstić information content (AvgIpc) is 2.14. The lowest BCUT2D eigenvalue weighted by Gasteiger charge is -1.76. The van der Waals surface area contributed by atoms with Crippen molar-refractivity contribution < 1.29 is 4.79 Å². The monoisotopic (exact) mass is 273 g/mol. The molecule has 0 fully saturated rings. The van der Waals surface area contributed by atoms with E-state index in [1.54, 1.807) is 5.38 Å². The summed E-state index contributed by atoms with van der Waals surface area (Å²) in [6, 6.07) is 0. The van der Waals surface area contributed by atoms with E-state index in [2.05, 4.69) is 4.98 Å². The molecular formula is C4HClINOS. The molecular weight excluding hydrogens is 272 g/mol. The van der Waals surface area contributed by atoms with E-state index in [9.17, 15) is 4.79 Å². The topological polar surface area (TPSA) is 30.0 Å². The Balaban J connectivity index is 2.98. The van der Waals surface area contributed by atoms with Gasteiger partial charge >= 0.3 is 0 Å². The molecule has 0 N–H and O–H groups in total. The largest absolute Gasteiger partial charge is 0.281 e. The lowest BCUT2D eigenvalue weighted by atomic mass is 10.8. The van der Waals surface area contributed by atoms with E-state index in [1.165, 1.54) is 11.3 Å². The Morgan fingerprint density at radius 3 is 2.78 bits per heavy atom. The molecule has 9 heavy (non-hydrogen) atoms. The lowest BCUT2D eigenvalue weighted by Crippen LogP contribution is -1.85. The fraction of sp³-hybridized carbons (Fsp3) is 0. The molecule has 0 atom stereocenters. The van der Waals surface area contributed by atoms with Crippen molar-refractivity contribution in [1.29, 1.82) is 0 Å². The highest BCUT2D eigenvalue weighted by atomic mass is 127. The van der Waals surface area contributed by atoms with Crippen LogP contribution in [0.1, 0.15) is 9.80 Å². The third-order valence-corrected chi connectivity index (χ3v) is 2.75. The van der Waals surface area contributed by atoms with E-state index in [1.807, 2.05) is 22.6 Å². The summed E-state index contributed by atoms with van der Waals surface area (Å²) in [5.41, 5.74) is 0. The fourth-order valence-electron chi connectivity index (χ4n) is 0.344. The second kappa shape index (κ2) is 2.94. The number of aromatic nitrogens is 1. The summed E-state index contributed by atoms with van der Waals surface area (Å²) in [6.07, 6.45) is 0. The Morgan fingerprint density at radius 2 is 2.56 bits per heavy atom. The standard InChI is InChI=1S/C4HClINOS/c5-3(8)4-7-2(6)1-9-4/h1H. The maximum Gasteiger partial charge on any atom is 0.281 e. The van der Waals surface area contributed by atoms with Gasteiger partial charge in [-0.15, -0.1) is 11.3 Å². The van der Waals surface area contributed by atoms with Crippen LogP contribution < -0.4 is 0 Å². The molecule has 0 bridgehead atoms. The zero-order chi connectivity index (χ0) is 6.85. The number of carbonyl (C=O) groups is 1. The molecule has 0 spiro atoms. The van der Waals surface area contributed by atoms with Crippen LogP contribution in [0.3, 0.4) is 0 Å². The number of nitrogens with zero attached hydrogens (tertiary/aromatic N) is 1. The van der Waals surface area contributed by atoms with Crippen LogP contribution in [0.2, 0.25) is 0 Å². The minimum Gasteiger partial charge on any atom is -0.273 e.